The van der Waals surface area contributed by atoms with Crippen molar-refractivity contribution in [2.75, 3.05) is 20.8 Å². The summed E-state index contributed by atoms with van der Waals surface area (Å²) in [6, 6.07) is 0. The average molecular weight is 234 g/mol. The lowest BCUT2D eigenvalue weighted by molar-refractivity contribution is -0.299. The summed E-state index contributed by atoms with van der Waals surface area (Å²) in [5.74, 6) is -1.90. The zero-order valence-electron chi connectivity index (χ0n) is 9.74. The molecule has 0 aromatic rings. The van der Waals surface area contributed by atoms with E-state index in [0.717, 1.165) is 0 Å². The summed E-state index contributed by atoms with van der Waals surface area (Å²) < 4.78 is 9.63. The first-order chi connectivity index (χ1) is 7.01. The molecule has 7 nitrogen and oxygen atoms in total. The van der Waals surface area contributed by atoms with Crippen molar-refractivity contribution in [1.29, 1.82) is 0 Å². The van der Waals surface area contributed by atoms with Crippen LogP contribution in [0, 0.1) is 0 Å². The van der Waals surface area contributed by atoms with Crippen LogP contribution in [-0.4, -0.2) is 38.9 Å². The predicted molar refractivity (Wildman–Crippen MR) is 55.6 cm³/mol. The standard InChI is InChI=1S/C9H15NO5.H3N/c1-6(9(12)13)4-7(11)10-5-8(14-2)15-3;/h8H,1,4-5H2,2-3H3,(H,10,11)(H,12,13);1H3. The van der Waals surface area contributed by atoms with E-state index in [2.05, 4.69) is 11.9 Å². The molecule has 0 aliphatic carbocycles. The number of carboxylic acid groups (broad SMARTS) is 1. The Labute approximate surface area is 94.0 Å². The maximum absolute atomic E-state index is 11.1. The summed E-state index contributed by atoms with van der Waals surface area (Å²) in [5.41, 5.74) is -0.265. The summed E-state index contributed by atoms with van der Waals surface area (Å²) in [7, 11) is 2.86. The van der Waals surface area contributed by atoms with Crippen LogP contribution in [0.3, 0.4) is 0 Å². The SMILES string of the molecule is C=C(CC(=O)NCC(OC)OC)C(=O)[O-].[NH4+]. The molecular weight excluding hydrogens is 216 g/mol. The van der Waals surface area contributed by atoms with Crippen molar-refractivity contribution in [3.05, 3.63) is 12.2 Å². The second kappa shape index (κ2) is 8.84. The zero-order valence-corrected chi connectivity index (χ0v) is 9.74. The third-order valence-electron chi connectivity index (χ3n) is 1.65. The molecule has 0 aromatic heterocycles. The Morgan fingerprint density at radius 1 is 1.38 bits per heavy atom. The van der Waals surface area contributed by atoms with Gasteiger partial charge in [0.25, 0.3) is 0 Å². The Hall–Kier alpha value is -1.44. The third kappa shape index (κ3) is 6.93. The number of hydrogen-bond acceptors (Lipinski definition) is 5. The van der Waals surface area contributed by atoms with E-state index in [4.69, 9.17) is 9.47 Å². The largest absolute Gasteiger partial charge is 0.545 e. The summed E-state index contributed by atoms with van der Waals surface area (Å²) in [4.78, 5) is 21.4. The minimum absolute atomic E-state index is 0. The van der Waals surface area contributed by atoms with E-state index in [1.165, 1.54) is 14.2 Å². The number of amides is 1. The van der Waals surface area contributed by atoms with Crippen LogP contribution in [0.2, 0.25) is 0 Å². The molecule has 0 rings (SSSR count). The minimum Gasteiger partial charge on any atom is -0.545 e. The minimum atomic E-state index is -1.43. The fourth-order valence-electron chi connectivity index (χ4n) is 0.789. The van der Waals surface area contributed by atoms with Gasteiger partial charge in [-0.15, -0.1) is 0 Å². The Bertz CT molecular complexity index is 250. The van der Waals surface area contributed by atoms with Crippen molar-refractivity contribution in [3.63, 3.8) is 0 Å². The van der Waals surface area contributed by atoms with Crippen LogP contribution >= 0.6 is 0 Å². The lowest BCUT2D eigenvalue weighted by Crippen LogP contribution is -2.35. The summed E-state index contributed by atoms with van der Waals surface area (Å²) >= 11 is 0. The highest BCUT2D eigenvalue weighted by Crippen LogP contribution is 1.96. The summed E-state index contributed by atoms with van der Waals surface area (Å²) in [5, 5.41) is 12.7. The van der Waals surface area contributed by atoms with Gasteiger partial charge in [-0.05, 0) is 5.57 Å². The highest BCUT2D eigenvalue weighted by molar-refractivity contribution is 5.92. The van der Waals surface area contributed by atoms with Crippen LogP contribution in [0.1, 0.15) is 6.42 Å². The van der Waals surface area contributed by atoms with Gasteiger partial charge in [0.15, 0.2) is 6.29 Å². The number of nitrogens with one attached hydrogen (secondary N) is 1. The van der Waals surface area contributed by atoms with Gasteiger partial charge in [0.1, 0.15) is 0 Å². The zero-order chi connectivity index (χ0) is 11.8. The smallest absolute Gasteiger partial charge is 0.224 e. The fraction of sp³-hybridized carbons (Fsp3) is 0.556. The van der Waals surface area contributed by atoms with Gasteiger partial charge >= 0.3 is 0 Å². The van der Waals surface area contributed by atoms with E-state index in [9.17, 15) is 14.7 Å². The van der Waals surface area contributed by atoms with Crippen molar-refractivity contribution >= 4 is 11.9 Å². The molecule has 16 heavy (non-hydrogen) atoms. The number of hydrogen-bond donors (Lipinski definition) is 2. The number of quaternary nitrogens is 1. The molecule has 0 heterocycles. The van der Waals surface area contributed by atoms with E-state index in [-0.39, 0.29) is 24.7 Å². The maximum Gasteiger partial charge on any atom is 0.224 e. The van der Waals surface area contributed by atoms with Gasteiger partial charge < -0.3 is 30.8 Å². The molecule has 0 bridgehead atoms. The topological polar surface area (TPSA) is 124 Å². The Morgan fingerprint density at radius 3 is 2.25 bits per heavy atom. The van der Waals surface area contributed by atoms with Gasteiger partial charge in [0.2, 0.25) is 5.91 Å². The first-order valence-corrected chi connectivity index (χ1v) is 4.22. The molecule has 0 aliphatic rings. The van der Waals surface area contributed by atoms with Crippen molar-refractivity contribution in [2.45, 2.75) is 12.7 Å². The van der Waals surface area contributed by atoms with Crippen LogP contribution < -0.4 is 16.6 Å². The number of methoxy groups -OCH3 is 2. The third-order valence-corrected chi connectivity index (χ3v) is 1.65. The second-order valence-corrected chi connectivity index (χ2v) is 2.77. The number of carbonyl (C=O) groups excluding carboxylic acids is 2. The predicted octanol–water partition coefficient (Wildman–Crippen LogP) is -1.21. The Balaban J connectivity index is 0. The molecule has 0 saturated carbocycles. The summed E-state index contributed by atoms with van der Waals surface area (Å²) in [6.07, 6.45) is -0.854. The number of carboxylic acids is 1. The van der Waals surface area contributed by atoms with Crippen LogP contribution in [0.4, 0.5) is 0 Å². The molecule has 0 spiro atoms. The van der Waals surface area contributed by atoms with Gasteiger partial charge in [-0.3, -0.25) is 4.79 Å². The van der Waals surface area contributed by atoms with Gasteiger partial charge in [-0.1, -0.05) is 6.58 Å². The lowest BCUT2D eigenvalue weighted by Gasteiger charge is -2.14. The molecule has 0 aromatic carbocycles. The van der Waals surface area contributed by atoms with Crippen LogP contribution in [0.5, 0.6) is 0 Å². The van der Waals surface area contributed by atoms with E-state index in [1.54, 1.807) is 0 Å². The monoisotopic (exact) mass is 234 g/mol. The summed E-state index contributed by atoms with van der Waals surface area (Å²) in [6.45, 7) is 3.32. The van der Waals surface area contributed by atoms with Crippen molar-refractivity contribution in [3.8, 4) is 0 Å². The maximum atomic E-state index is 11.1. The van der Waals surface area contributed by atoms with E-state index < -0.39 is 18.2 Å². The number of carbonyl (C=O) groups is 2. The molecule has 0 unspecified atom stereocenters. The molecule has 0 aliphatic heterocycles. The van der Waals surface area contributed by atoms with Gasteiger partial charge in [-0.2, -0.15) is 0 Å². The van der Waals surface area contributed by atoms with Gasteiger partial charge in [-0.25, -0.2) is 0 Å². The molecule has 1 amide bonds. The normalized spacial score (nSPS) is 9.44. The van der Waals surface area contributed by atoms with Crippen LogP contribution in [-0.2, 0) is 19.1 Å². The molecule has 7 heteroatoms. The van der Waals surface area contributed by atoms with Crippen molar-refractivity contribution < 1.29 is 24.2 Å². The lowest BCUT2D eigenvalue weighted by atomic mass is 10.2. The number of aliphatic carboxylic acids is 1. The highest BCUT2D eigenvalue weighted by Gasteiger charge is 2.09. The van der Waals surface area contributed by atoms with Crippen LogP contribution in [0.25, 0.3) is 0 Å². The Morgan fingerprint density at radius 2 is 1.88 bits per heavy atom. The van der Waals surface area contributed by atoms with Gasteiger partial charge in [0, 0.05) is 14.2 Å². The van der Waals surface area contributed by atoms with Crippen LogP contribution in [0.15, 0.2) is 12.2 Å². The fourth-order valence-corrected chi connectivity index (χ4v) is 0.789. The first-order valence-electron chi connectivity index (χ1n) is 4.22. The molecule has 0 fully saturated rings. The van der Waals surface area contributed by atoms with Crippen molar-refractivity contribution in [1.82, 2.24) is 11.5 Å². The van der Waals surface area contributed by atoms with Gasteiger partial charge in [0.05, 0.1) is 18.9 Å². The second-order valence-electron chi connectivity index (χ2n) is 2.77. The molecule has 0 radical (unpaired) electrons. The molecule has 0 atom stereocenters. The average Bonchev–Trinajstić information content (AvgIpc) is 2.19. The van der Waals surface area contributed by atoms with E-state index in [0.29, 0.717) is 0 Å². The number of rotatable bonds is 7. The molecule has 5 N–H and O–H groups in total. The first kappa shape index (κ1) is 17.0. The van der Waals surface area contributed by atoms with Crippen molar-refractivity contribution in [2.24, 2.45) is 0 Å². The quantitative estimate of drug-likeness (QED) is 0.422. The Kier molecular flexibility index (Phi) is 9.37. The van der Waals surface area contributed by atoms with E-state index in [1.807, 2.05) is 0 Å². The van der Waals surface area contributed by atoms with E-state index >= 15 is 0 Å². The molecule has 0 saturated heterocycles. The molecular formula is C9H18N2O5. The molecule has 94 valence electrons. The number of ether oxygens (including phenoxy) is 2. The highest BCUT2D eigenvalue weighted by atomic mass is 16.7.